The maximum Gasteiger partial charge on any atom is 0.416 e. The minimum atomic E-state index is -6.13. The van der Waals surface area contributed by atoms with Gasteiger partial charge in [-0.1, -0.05) is 107 Å². The fourth-order valence-corrected chi connectivity index (χ4v) is 10.1. The molecule has 0 aromatic heterocycles. The van der Waals surface area contributed by atoms with E-state index in [2.05, 4.69) is 0 Å². The number of Topliss-reactive ketones (excluding diaryl/α,β-unsaturated/α-hetero) is 1. The number of ketones is 1. The Morgan fingerprint density at radius 2 is 0.595 bits per heavy atom. The van der Waals surface area contributed by atoms with E-state index in [9.17, 15) is 114 Å². The highest BCUT2D eigenvalue weighted by Gasteiger charge is 2.47. The predicted octanol–water partition coefficient (Wildman–Crippen LogP) is 15.4. The van der Waals surface area contributed by atoms with E-state index in [1.54, 1.807) is 6.26 Å². The van der Waals surface area contributed by atoms with Crippen molar-refractivity contribution in [1.82, 2.24) is 0 Å². The van der Waals surface area contributed by atoms with Crippen LogP contribution in [0.5, 0.6) is 0 Å². The van der Waals surface area contributed by atoms with Gasteiger partial charge in [0.1, 0.15) is 22.3 Å². The lowest BCUT2D eigenvalue weighted by Crippen LogP contribution is -2.75. The van der Waals surface area contributed by atoms with Crippen LogP contribution in [0.15, 0.2) is 150 Å². The number of carbonyl (C=O) groups is 1. The highest BCUT2D eigenvalue weighted by molar-refractivity contribution is 8.03. The van der Waals surface area contributed by atoms with Crippen molar-refractivity contribution in [2.24, 2.45) is 0 Å². The molecule has 422 valence electrons. The zero-order valence-electron chi connectivity index (χ0n) is 38.9. The molecule has 1 unspecified atom stereocenters. The van der Waals surface area contributed by atoms with E-state index in [4.69, 9.17) is 0 Å². The maximum absolute atomic E-state index is 14.2. The molecule has 0 aliphatic rings. The Hall–Kier alpha value is -7.00. The second-order valence-corrected chi connectivity index (χ2v) is 20.4. The van der Waals surface area contributed by atoms with Crippen molar-refractivity contribution < 1.29 is 114 Å². The first kappa shape index (κ1) is 61.2. The molecule has 0 heterocycles. The zero-order valence-corrected chi connectivity index (χ0v) is 39.8. The van der Waals surface area contributed by atoms with Crippen LogP contribution in [0.25, 0.3) is 10.8 Å². The van der Waals surface area contributed by atoms with E-state index in [1.165, 1.54) is 0 Å². The van der Waals surface area contributed by atoms with Gasteiger partial charge in [-0.3, -0.25) is 4.79 Å². The van der Waals surface area contributed by atoms with Gasteiger partial charge in [0.2, 0.25) is 5.78 Å². The molecular formula is C51H29BF24O2S. The van der Waals surface area contributed by atoms with Gasteiger partial charge in [-0.15, -0.1) is 0 Å². The molecule has 7 aromatic carbocycles. The summed E-state index contributed by atoms with van der Waals surface area (Å²) in [4.78, 5) is 13.2. The molecule has 0 fully saturated rings. The Labute approximate surface area is 430 Å². The van der Waals surface area contributed by atoms with Crippen LogP contribution in [0.1, 0.15) is 54.9 Å². The van der Waals surface area contributed by atoms with Crippen LogP contribution < -0.4 is 21.9 Å². The molecule has 0 amide bonds. The summed E-state index contributed by atoms with van der Waals surface area (Å²) >= 11 is 0. The average Bonchev–Trinajstić information content (AvgIpc) is 3.45. The summed E-state index contributed by atoms with van der Waals surface area (Å²) in [5.41, 5.74) is -29.6. The quantitative estimate of drug-likeness (QED) is 0.0658. The molecule has 2 nitrogen and oxygen atoms in total. The van der Waals surface area contributed by atoms with E-state index < -0.39 is 205 Å². The van der Waals surface area contributed by atoms with Crippen LogP contribution in [0.2, 0.25) is 0 Å². The van der Waals surface area contributed by atoms with Gasteiger partial charge in [0.25, 0.3) is 0 Å². The lowest BCUT2D eigenvalue weighted by Gasteiger charge is -2.46. The lowest BCUT2D eigenvalue weighted by atomic mass is 9.12. The number of carbonyl (C=O) groups excluding carboxylic acids is 1. The minimum absolute atomic E-state index is 0.0371. The molecule has 1 atom stereocenters. The van der Waals surface area contributed by atoms with Crippen molar-refractivity contribution in [3.63, 3.8) is 0 Å². The average molecular weight is 1170 g/mol. The standard InChI is InChI=1S/C32H12BF24.C19H17O2S/c34-25(35,36)13-1-14(26(37,38)39)6-21(5-13)33(22-7-15(27(40,41)42)2-16(8-22)28(43,44)45,23-9-17(29(46,47)48)3-18(10-23)30(49,50)51)24-11-19(31(52,53)54)4-20(12-24)32(55,56)57;1-22(21,18-9-3-2-4-10-18)14-19(20)17-12-11-15-7-5-6-8-16(15)13-17/h1-12H;2-13H,14H2,1H3/q-1;+1. The molecule has 0 bridgehead atoms. The third-order valence-corrected chi connectivity index (χ3v) is 14.2. The smallest absolute Gasteiger partial charge is 0.289 e. The van der Waals surface area contributed by atoms with Gasteiger partial charge >= 0.3 is 49.4 Å². The number of hydrogen-bond donors (Lipinski definition) is 0. The van der Waals surface area contributed by atoms with Crippen molar-refractivity contribution in [3.8, 4) is 0 Å². The van der Waals surface area contributed by atoms with Gasteiger partial charge in [-0.2, -0.15) is 127 Å². The first-order chi connectivity index (χ1) is 35.8. The number of halogens is 24. The van der Waals surface area contributed by atoms with Crippen LogP contribution in [-0.4, -0.2) is 23.9 Å². The Bertz CT molecular complexity index is 3000. The Balaban J connectivity index is 0.000000378. The molecular weight excluding hydrogens is 1140 g/mol. The summed E-state index contributed by atoms with van der Waals surface area (Å²) in [6, 6.07) is 13.9. The monoisotopic (exact) mass is 1170 g/mol. The molecule has 0 aliphatic carbocycles. The summed E-state index contributed by atoms with van der Waals surface area (Å²) in [5, 5.41) is 2.12. The van der Waals surface area contributed by atoms with E-state index in [-0.39, 0.29) is 11.5 Å². The van der Waals surface area contributed by atoms with E-state index >= 15 is 0 Å². The van der Waals surface area contributed by atoms with Crippen LogP contribution in [0, 0.1) is 0 Å². The van der Waals surface area contributed by atoms with Gasteiger partial charge in [0.15, 0.2) is 10.6 Å². The van der Waals surface area contributed by atoms with Crippen LogP contribution in [-0.2, 0) is 63.6 Å². The fraction of sp³-hybridized carbons (Fsp3) is 0.196. The molecule has 0 saturated carbocycles. The second-order valence-electron chi connectivity index (χ2n) is 17.7. The van der Waals surface area contributed by atoms with Crippen molar-refractivity contribution in [2.45, 2.75) is 54.3 Å². The molecule has 7 rings (SSSR count). The summed E-state index contributed by atoms with van der Waals surface area (Å²) in [5.74, 6) is -0.0443. The number of alkyl halides is 24. The molecule has 0 aliphatic heterocycles. The van der Waals surface area contributed by atoms with Gasteiger partial charge < -0.3 is 0 Å². The normalized spacial score (nSPS) is 14.1. The Kier molecular flexibility index (Phi) is 16.2. The van der Waals surface area contributed by atoms with Gasteiger partial charge in [0.05, 0.1) is 44.5 Å². The molecule has 0 radical (unpaired) electrons. The van der Waals surface area contributed by atoms with Crippen molar-refractivity contribution in [3.05, 3.63) is 196 Å². The third-order valence-electron chi connectivity index (χ3n) is 12.2. The van der Waals surface area contributed by atoms with Crippen LogP contribution in [0.4, 0.5) is 105 Å². The first-order valence-electron chi connectivity index (χ1n) is 21.7. The number of fused-ring (bicyclic) bond motifs is 1. The fourth-order valence-electron chi connectivity index (χ4n) is 8.56. The van der Waals surface area contributed by atoms with Crippen molar-refractivity contribution in [1.29, 1.82) is 0 Å². The SMILES string of the molecule is C[S+](=O)(CC(=O)c1ccc2ccccc2c1)c1ccccc1.FC(F)(F)c1cc([B-](c2cc(C(F)(F)F)cc(C(F)(F)F)c2)(c2cc(C(F)(F)F)cc(C(F)(F)F)c2)c2cc(C(F)(F)F)cc(C(F)(F)F)c2)cc(C(F)(F)F)c1. The Morgan fingerprint density at radius 3 is 0.861 bits per heavy atom. The molecule has 79 heavy (non-hydrogen) atoms. The van der Waals surface area contributed by atoms with E-state index in [0.29, 0.717) is 5.56 Å². The molecule has 0 saturated heterocycles. The highest BCUT2D eigenvalue weighted by atomic mass is 32.2. The highest BCUT2D eigenvalue weighted by Crippen LogP contribution is 2.41. The molecule has 0 spiro atoms. The minimum Gasteiger partial charge on any atom is -0.289 e. The summed E-state index contributed by atoms with van der Waals surface area (Å²) in [7, 11) is -2.36. The van der Waals surface area contributed by atoms with Crippen LogP contribution in [0.3, 0.4) is 0 Å². The van der Waals surface area contributed by atoms with Gasteiger partial charge in [-0.05, 0) is 53.2 Å². The first-order valence-corrected chi connectivity index (χ1v) is 23.9. The molecule has 28 heteroatoms. The number of benzene rings is 7. The summed E-state index contributed by atoms with van der Waals surface area (Å²) in [6.45, 7) is 0. The third kappa shape index (κ3) is 13.9. The molecule has 7 aromatic rings. The Morgan fingerprint density at radius 1 is 0.342 bits per heavy atom. The number of hydrogen-bond acceptors (Lipinski definition) is 2. The maximum atomic E-state index is 14.2. The van der Waals surface area contributed by atoms with E-state index in [1.807, 2.05) is 72.8 Å². The summed E-state index contributed by atoms with van der Waals surface area (Å²) < 4.78 is 354. The second kappa shape index (κ2) is 20.9. The van der Waals surface area contributed by atoms with E-state index in [0.717, 1.165) is 15.7 Å². The molecule has 0 N–H and O–H groups in total. The summed E-state index contributed by atoms with van der Waals surface area (Å²) in [6.07, 6.45) is -53.2. The zero-order chi connectivity index (χ0) is 59.5. The van der Waals surface area contributed by atoms with Crippen molar-refractivity contribution >= 4 is 54.5 Å². The topological polar surface area (TPSA) is 34.1 Å². The van der Waals surface area contributed by atoms with Gasteiger partial charge in [0, 0.05) is 5.56 Å². The largest absolute Gasteiger partial charge is 0.416 e. The van der Waals surface area contributed by atoms with Gasteiger partial charge in [-0.25, -0.2) is 0 Å². The van der Waals surface area contributed by atoms with Crippen LogP contribution >= 0.6 is 0 Å². The predicted molar refractivity (Wildman–Crippen MR) is 242 cm³/mol. The van der Waals surface area contributed by atoms with Crippen molar-refractivity contribution in [2.75, 3.05) is 12.0 Å². The lowest BCUT2D eigenvalue weighted by molar-refractivity contribution is -0.144. The number of rotatable bonds is 8.